The molecule has 3 heteroatoms. The highest BCUT2D eigenvalue weighted by Crippen LogP contribution is 2.33. The van der Waals surface area contributed by atoms with Gasteiger partial charge in [-0.25, -0.2) is 4.79 Å². The summed E-state index contributed by atoms with van der Waals surface area (Å²) in [6.45, 7) is 2.77. The van der Waals surface area contributed by atoms with Gasteiger partial charge in [0.25, 0.3) is 0 Å². The van der Waals surface area contributed by atoms with E-state index in [1.54, 1.807) is 0 Å². The van der Waals surface area contributed by atoms with E-state index in [0.29, 0.717) is 0 Å². The van der Waals surface area contributed by atoms with Crippen LogP contribution in [0.3, 0.4) is 0 Å². The second-order valence-electron chi connectivity index (χ2n) is 4.51. The Kier molecular flexibility index (Phi) is 3.27. The molecule has 2 rings (SSSR count). The Bertz CT molecular complexity index is 195. The van der Waals surface area contributed by atoms with Gasteiger partial charge in [-0.15, -0.1) is 0 Å². The first kappa shape index (κ1) is 9.81. The van der Waals surface area contributed by atoms with E-state index in [1.165, 1.54) is 32.1 Å². The molecule has 1 aliphatic heterocycles. The molecule has 0 unspecified atom stereocenters. The standard InChI is InChI=1S/C11H20N2O/c14-11(13-8-1-2-9-13)12-7-3-4-10-5-6-10/h10H,1-9H2,(H,12,14). The Balaban J connectivity index is 1.52. The molecule has 0 radical (unpaired) electrons. The van der Waals surface area contributed by atoms with Gasteiger partial charge in [0, 0.05) is 19.6 Å². The normalized spacial score (nSPS) is 21.3. The fourth-order valence-electron chi connectivity index (χ4n) is 2.02. The zero-order valence-electron chi connectivity index (χ0n) is 8.80. The minimum Gasteiger partial charge on any atom is -0.338 e. The topological polar surface area (TPSA) is 32.3 Å². The summed E-state index contributed by atoms with van der Waals surface area (Å²) in [6, 6.07) is 0.151. The minimum absolute atomic E-state index is 0.151. The number of hydrogen-bond donors (Lipinski definition) is 1. The van der Waals surface area contributed by atoms with E-state index >= 15 is 0 Å². The minimum atomic E-state index is 0.151. The molecule has 0 bridgehead atoms. The molecule has 2 amide bonds. The molecule has 0 aromatic carbocycles. The van der Waals surface area contributed by atoms with Crippen LogP contribution in [0.5, 0.6) is 0 Å². The van der Waals surface area contributed by atoms with Crippen molar-refractivity contribution in [1.82, 2.24) is 10.2 Å². The molecule has 1 aliphatic carbocycles. The molecule has 2 aliphatic rings. The molecule has 0 atom stereocenters. The molecule has 0 spiro atoms. The lowest BCUT2D eigenvalue weighted by Gasteiger charge is -2.15. The van der Waals surface area contributed by atoms with Crippen LogP contribution in [0.1, 0.15) is 38.5 Å². The third-order valence-corrected chi connectivity index (χ3v) is 3.16. The third kappa shape index (κ3) is 2.89. The highest BCUT2D eigenvalue weighted by molar-refractivity contribution is 5.74. The molecule has 0 aromatic rings. The van der Waals surface area contributed by atoms with E-state index in [2.05, 4.69) is 5.32 Å². The van der Waals surface area contributed by atoms with Crippen molar-refractivity contribution in [2.24, 2.45) is 5.92 Å². The molecule has 80 valence electrons. The van der Waals surface area contributed by atoms with Gasteiger partial charge < -0.3 is 10.2 Å². The van der Waals surface area contributed by atoms with Gasteiger partial charge >= 0.3 is 6.03 Å². The molecule has 14 heavy (non-hydrogen) atoms. The maximum Gasteiger partial charge on any atom is 0.317 e. The Morgan fingerprint density at radius 1 is 1.29 bits per heavy atom. The monoisotopic (exact) mass is 196 g/mol. The summed E-state index contributed by atoms with van der Waals surface area (Å²) in [4.78, 5) is 13.4. The second-order valence-corrected chi connectivity index (χ2v) is 4.51. The quantitative estimate of drug-likeness (QED) is 0.685. The van der Waals surface area contributed by atoms with Crippen molar-refractivity contribution in [3.63, 3.8) is 0 Å². The molecule has 1 N–H and O–H groups in total. The van der Waals surface area contributed by atoms with E-state index < -0.39 is 0 Å². The number of rotatable bonds is 4. The molecular weight excluding hydrogens is 176 g/mol. The van der Waals surface area contributed by atoms with Gasteiger partial charge in [-0.3, -0.25) is 0 Å². The van der Waals surface area contributed by atoms with Crippen LogP contribution in [0.15, 0.2) is 0 Å². The lowest BCUT2D eigenvalue weighted by Crippen LogP contribution is -2.38. The summed E-state index contributed by atoms with van der Waals surface area (Å²) in [7, 11) is 0. The first-order valence-electron chi connectivity index (χ1n) is 5.89. The smallest absolute Gasteiger partial charge is 0.317 e. The first-order chi connectivity index (χ1) is 6.86. The Morgan fingerprint density at radius 3 is 2.64 bits per heavy atom. The number of hydrogen-bond acceptors (Lipinski definition) is 1. The number of nitrogens with zero attached hydrogens (tertiary/aromatic N) is 1. The maximum atomic E-state index is 11.5. The number of amides is 2. The molecule has 2 fully saturated rings. The van der Waals surface area contributed by atoms with Gasteiger partial charge in [0.2, 0.25) is 0 Å². The van der Waals surface area contributed by atoms with Crippen molar-refractivity contribution >= 4 is 6.03 Å². The van der Waals surface area contributed by atoms with Crippen molar-refractivity contribution in [2.45, 2.75) is 38.5 Å². The molecule has 3 nitrogen and oxygen atoms in total. The summed E-state index contributed by atoms with van der Waals surface area (Å²) in [6.07, 6.45) is 7.65. The van der Waals surface area contributed by atoms with Gasteiger partial charge in [0.1, 0.15) is 0 Å². The Labute approximate surface area is 85.8 Å². The highest BCUT2D eigenvalue weighted by Gasteiger charge is 2.21. The van der Waals surface area contributed by atoms with E-state index in [1.807, 2.05) is 4.90 Å². The van der Waals surface area contributed by atoms with Crippen LogP contribution >= 0.6 is 0 Å². The summed E-state index contributed by atoms with van der Waals surface area (Å²) in [5, 5.41) is 2.99. The zero-order valence-corrected chi connectivity index (χ0v) is 8.80. The van der Waals surface area contributed by atoms with Gasteiger partial charge in [0.05, 0.1) is 0 Å². The number of urea groups is 1. The fraction of sp³-hybridized carbons (Fsp3) is 0.909. The van der Waals surface area contributed by atoms with Crippen LogP contribution in [0.4, 0.5) is 4.79 Å². The summed E-state index contributed by atoms with van der Waals surface area (Å²) < 4.78 is 0. The van der Waals surface area contributed by atoms with Crippen molar-refractivity contribution < 1.29 is 4.79 Å². The fourth-order valence-corrected chi connectivity index (χ4v) is 2.02. The number of carbonyl (C=O) groups is 1. The Morgan fingerprint density at radius 2 is 2.00 bits per heavy atom. The maximum absolute atomic E-state index is 11.5. The van der Waals surface area contributed by atoms with Crippen LogP contribution in [0.2, 0.25) is 0 Å². The predicted octanol–water partition coefficient (Wildman–Crippen LogP) is 1.98. The number of carbonyl (C=O) groups excluding carboxylic acids is 1. The summed E-state index contributed by atoms with van der Waals surface area (Å²) in [5.74, 6) is 0.985. The summed E-state index contributed by atoms with van der Waals surface area (Å²) >= 11 is 0. The van der Waals surface area contributed by atoms with Crippen molar-refractivity contribution in [3.8, 4) is 0 Å². The average Bonchev–Trinajstić information content (AvgIpc) is 2.84. The number of nitrogens with one attached hydrogen (secondary N) is 1. The van der Waals surface area contributed by atoms with Gasteiger partial charge in [-0.1, -0.05) is 12.8 Å². The lowest BCUT2D eigenvalue weighted by molar-refractivity contribution is 0.208. The Hall–Kier alpha value is -0.730. The molecule has 1 saturated carbocycles. The molecule has 0 aromatic heterocycles. The summed E-state index contributed by atoms with van der Waals surface area (Å²) in [5.41, 5.74) is 0. The second kappa shape index (κ2) is 4.67. The van der Waals surface area contributed by atoms with E-state index in [0.717, 1.165) is 32.0 Å². The van der Waals surface area contributed by atoms with Crippen LogP contribution in [0, 0.1) is 5.92 Å². The lowest BCUT2D eigenvalue weighted by atomic mass is 10.2. The van der Waals surface area contributed by atoms with E-state index in [4.69, 9.17) is 0 Å². The van der Waals surface area contributed by atoms with E-state index in [9.17, 15) is 4.79 Å². The SMILES string of the molecule is O=C(NCCCC1CC1)N1CCCC1. The van der Waals surface area contributed by atoms with E-state index in [-0.39, 0.29) is 6.03 Å². The van der Waals surface area contributed by atoms with Crippen molar-refractivity contribution in [1.29, 1.82) is 0 Å². The molecule has 1 heterocycles. The third-order valence-electron chi connectivity index (χ3n) is 3.16. The highest BCUT2D eigenvalue weighted by atomic mass is 16.2. The van der Waals surface area contributed by atoms with Gasteiger partial charge in [-0.05, 0) is 31.6 Å². The van der Waals surface area contributed by atoms with Gasteiger partial charge in [0.15, 0.2) is 0 Å². The van der Waals surface area contributed by atoms with Crippen LogP contribution in [0.25, 0.3) is 0 Å². The number of likely N-dealkylation sites (tertiary alicyclic amines) is 1. The van der Waals surface area contributed by atoms with Crippen molar-refractivity contribution in [3.05, 3.63) is 0 Å². The van der Waals surface area contributed by atoms with Crippen LogP contribution < -0.4 is 5.32 Å². The van der Waals surface area contributed by atoms with Gasteiger partial charge in [-0.2, -0.15) is 0 Å². The molecular formula is C11H20N2O. The predicted molar refractivity (Wildman–Crippen MR) is 56.2 cm³/mol. The first-order valence-corrected chi connectivity index (χ1v) is 5.89. The largest absolute Gasteiger partial charge is 0.338 e. The van der Waals surface area contributed by atoms with Crippen LogP contribution in [-0.4, -0.2) is 30.6 Å². The van der Waals surface area contributed by atoms with Crippen molar-refractivity contribution in [2.75, 3.05) is 19.6 Å². The zero-order chi connectivity index (χ0) is 9.80. The average molecular weight is 196 g/mol. The van der Waals surface area contributed by atoms with Crippen LogP contribution in [-0.2, 0) is 0 Å². The molecule has 1 saturated heterocycles.